The summed E-state index contributed by atoms with van der Waals surface area (Å²) in [6.07, 6.45) is -1.66. The molecule has 0 atom stereocenters. The van der Waals surface area contributed by atoms with Crippen LogP contribution in [0.2, 0.25) is 0 Å². The van der Waals surface area contributed by atoms with Crippen LogP contribution in [0.4, 0.5) is 19.0 Å². The first-order chi connectivity index (χ1) is 18.0. The maximum atomic E-state index is 13.7. The van der Waals surface area contributed by atoms with Crippen molar-refractivity contribution in [1.29, 1.82) is 0 Å². The Labute approximate surface area is 217 Å². The van der Waals surface area contributed by atoms with E-state index in [9.17, 15) is 27.9 Å². The number of rotatable bonds is 10. The van der Waals surface area contributed by atoms with Gasteiger partial charge in [-0.3, -0.25) is 19.5 Å². The average Bonchev–Trinajstić information content (AvgIpc) is 3.49. The predicted molar refractivity (Wildman–Crippen MR) is 132 cm³/mol. The summed E-state index contributed by atoms with van der Waals surface area (Å²) in [6.45, 7) is 1.44. The summed E-state index contributed by atoms with van der Waals surface area (Å²) in [5, 5.41) is 13.2. The minimum absolute atomic E-state index is 0.0365. The van der Waals surface area contributed by atoms with Crippen LogP contribution in [0, 0.1) is 0 Å². The van der Waals surface area contributed by atoms with Crippen molar-refractivity contribution in [2.24, 2.45) is 0 Å². The van der Waals surface area contributed by atoms with Crippen molar-refractivity contribution in [3.8, 4) is 5.75 Å². The Kier molecular flexibility index (Phi) is 7.72. The Bertz CT molecular complexity index is 1310. The highest BCUT2D eigenvalue weighted by Gasteiger charge is 2.41. The van der Waals surface area contributed by atoms with E-state index < -0.39 is 23.8 Å². The van der Waals surface area contributed by atoms with E-state index >= 15 is 0 Å². The number of nitrogens with one attached hydrogen (secondary N) is 1. The van der Waals surface area contributed by atoms with E-state index in [4.69, 9.17) is 0 Å². The monoisotopic (exact) mass is 531 g/mol. The van der Waals surface area contributed by atoms with E-state index in [1.165, 1.54) is 25.1 Å². The molecule has 9 nitrogen and oxygen atoms in total. The molecule has 12 heteroatoms. The largest absolute Gasteiger partial charge is 0.573 e. The summed E-state index contributed by atoms with van der Waals surface area (Å²) in [7, 11) is 1.58. The predicted octanol–water partition coefficient (Wildman–Crippen LogP) is 3.76. The van der Waals surface area contributed by atoms with Crippen molar-refractivity contribution < 1.29 is 32.6 Å². The van der Waals surface area contributed by atoms with Gasteiger partial charge in [-0.1, -0.05) is 18.2 Å². The minimum Gasteiger partial charge on any atom is -0.406 e. The first-order valence-electron chi connectivity index (χ1n) is 12.0. The molecule has 1 aliphatic rings. The molecule has 38 heavy (non-hydrogen) atoms. The number of imidazole rings is 1. The van der Waals surface area contributed by atoms with Gasteiger partial charge in [-0.25, -0.2) is 4.98 Å². The van der Waals surface area contributed by atoms with Crippen LogP contribution < -0.4 is 10.1 Å². The van der Waals surface area contributed by atoms with Gasteiger partial charge in [-0.05, 0) is 49.1 Å². The molecule has 2 N–H and O–H groups in total. The Morgan fingerprint density at radius 1 is 1.21 bits per heavy atom. The fourth-order valence-corrected chi connectivity index (χ4v) is 4.13. The smallest absolute Gasteiger partial charge is 0.406 e. The number of halogens is 3. The van der Waals surface area contributed by atoms with Crippen molar-refractivity contribution in [2.75, 3.05) is 18.9 Å². The van der Waals surface area contributed by atoms with Crippen LogP contribution in [-0.2, 0) is 17.8 Å². The molecule has 1 aromatic carbocycles. The maximum Gasteiger partial charge on any atom is 0.573 e. The number of anilines is 1. The molecule has 0 unspecified atom stereocenters. The van der Waals surface area contributed by atoms with Crippen molar-refractivity contribution in [3.05, 3.63) is 71.4 Å². The second kappa shape index (κ2) is 10.8. The van der Waals surface area contributed by atoms with Gasteiger partial charge in [-0.15, -0.1) is 13.2 Å². The van der Waals surface area contributed by atoms with Crippen LogP contribution >= 0.6 is 0 Å². The molecule has 1 aliphatic carbocycles. The fraction of sp³-hybridized carbons (Fsp3) is 0.385. The summed E-state index contributed by atoms with van der Waals surface area (Å²) in [4.78, 5) is 36.2. The van der Waals surface area contributed by atoms with E-state index in [1.54, 1.807) is 42.1 Å². The Balaban J connectivity index is 1.73. The summed E-state index contributed by atoms with van der Waals surface area (Å²) < 4.78 is 43.9. The third kappa shape index (κ3) is 6.68. The van der Waals surface area contributed by atoms with Gasteiger partial charge >= 0.3 is 6.36 Å². The van der Waals surface area contributed by atoms with Gasteiger partial charge in [0.1, 0.15) is 11.6 Å². The van der Waals surface area contributed by atoms with Crippen molar-refractivity contribution in [1.82, 2.24) is 19.4 Å². The zero-order valence-electron chi connectivity index (χ0n) is 21.0. The normalized spacial score (nSPS) is 14.2. The number of hydrogen-bond donors (Lipinski definition) is 2. The van der Waals surface area contributed by atoms with Crippen LogP contribution in [0.15, 0.2) is 48.7 Å². The molecule has 2 heterocycles. The Morgan fingerprint density at radius 2 is 1.97 bits per heavy atom. The van der Waals surface area contributed by atoms with Gasteiger partial charge in [0.15, 0.2) is 11.5 Å². The molecular formula is C26H28F3N5O4. The topological polar surface area (TPSA) is 110 Å². The third-order valence-corrected chi connectivity index (χ3v) is 6.28. The molecule has 202 valence electrons. The summed E-state index contributed by atoms with van der Waals surface area (Å²) >= 11 is 0. The lowest BCUT2D eigenvalue weighted by Gasteiger charge is -2.22. The SMILES string of the molecule is CNc1nc(Cc2cccc(OC(F)(F)F)c2)n(Cc2ccccn2)c1C(=O)N(CCC1(O)CC1)C(C)=O. The quantitative estimate of drug-likeness (QED) is 0.410. The molecule has 0 radical (unpaired) electrons. The first kappa shape index (κ1) is 27.1. The minimum atomic E-state index is -4.83. The number of carbonyl (C=O) groups is 2. The van der Waals surface area contributed by atoms with Crippen LogP contribution in [0.3, 0.4) is 0 Å². The van der Waals surface area contributed by atoms with Gasteiger partial charge in [0.05, 0.1) is 17.8 Å². The highest BCUT2D eigenvalue weighted by molar-refractivity contribution is 6.06. The molecule has 0 spiro atoms. The Hall–Kier alpha value is -3.93. The zero-order valence-corrected chi connectivity index (χ0v) is 21.0. The number of ether oxygens (including phenoxy) is 1. The van der Waals surface area contributed by atoms with E-state index in [-0.39, 0.29) is 43.2 Å². The second-order valence-electron chi connectivity index (χ2n) is 9.20. The van der Waals surface area contributed by atoms with Crippen molar-refractivity contribution >= 4 is 17.6 Å². The van der Waals surface area contributed by atoms with Crippen LogP contribution in [-0.4, -0.2) is 61.9 Å². The third-order valence-electron chi connectivity index (χ3n) is 6.28. The molecule has 1 saturated carbocycles. The molecule has 2 aromatic heterocycles. The number of aliphatic hydroxyl groups is 1. The number of imide groups is 1. The Morgan fingerprint density at radius 3 is 2.58 bits per heavy atom. The number of hydrogen-bond acceptors (Lipinski definition) is 7. The number of amides is 2. The summed E-state index contributed by atoms with van der Waals surface area (Å²) in [5.41, 5.74) is 0.329. The molecule has 0 aliphatic heterocycles. The number of pyridine rings is 1. The lowest BCUT2D eigenvalue weighted by Crippen LogP contribution is -2.39. The van der Waals surface area contributed by atoms with Gasteiger partial charge < -0.3 is 19.7 Å². The molecular weight excluding hydrogens is 503 g/mol. The van der Waals surface area contributed by atoms with Gasteiger partial charge in [-0.2, -0.15) is 0 Å². The van der Waals surface area contributed by atoms with E-state index in [0.29, 0.717) is 29.9 Å². The molecule has 4 rings (SSSR count). The second-order valence-corrected chi connectivity index (χ2v) is 9.20. The molecule has 0 bridgehead atoms. The molecule has 1 fully saturated rings. The first-order valence-corrected chi connectivity index (χ1v) is 12.0. The summed E-state index contributed by atoms with van der Waals surface area (Å²) in [6, 6.07) is 10.8. The number of aromatic nitrogens is 3. The average molecular weight is 532 g/mol. The standard InChI is InChI=1S/C26H28F3N5O4/c1-17(35)33(13-11-25(37)9-10-25)24(36)22-23(30-2)32-21(34(22)16-19-7-3-4-12-31-19)15-18-6-5-8-20(14-18)38-26(27,28)29/h3-8,12,14,30,37H,9-11,13,15-16H2,1-2H3. The lowest BCUT2D eigenvalue weighted by atomic mass is 10.1. The lowest BCUT2D eigenvalue weighted by molar-refractivity contribution is -0.274. The number of benzene rings is 1. The molecule has 0 saturated heterocycles. The zero-order chi connectivity index (χ0) is 27.5. The van der Waals surface area contributed by atoms with Gasteiger partial charge in [0, 0.05) is 33.1 Å². The van der Waals surface area contributed by atoms with Gasteiger partial charge in [0.2, 0.25) is 5.91 Å². The highest BCUT2D eigenvalue weighted by atomic mass is 19.4. The number of alkyl halides is 3. The molecule has 2 amide bonds. The molecule has 3 aromatic rings. The maximum absolute atomic E-state index is 13.7. The van der Waals surface area contributed by atoms with Crippen LogP contribution in [0.1, 0.15) is 53.8 Å². The van der Waals surface area contributed by atoms with Crippen molar-refractivity contribution in [2.45, 2.75) is 51.1 Å². The highest BCUT2D eigenvalue weighted by Crippen LogP contribution is 2.38. The number of carbonyl (C=O) groups excluding carboxylic acids is 2. The van der Waals surface area contributed by atoms with Gasteiger partial charge in [0.25, 0.3) is 5.91 Å². The fourth-order valence-electron chi connectivity index (χ4n) is 4.13. The van der Waals surface area contributed by atoms with Crippen LogP contribution in [0.5, 0.6) is 5.75 Å². The van der Waals surface area contributed by atoms with E-state index in [0.717, 1.165) is 4.90 Å². The summed E-state index contributed by atoms with van der Waals surface area (Å²) in [5.74, 6) is -0.874. The van der Waals surface area contributed by atoms with E-state index in [1.807, 2.05) is 0 Å². The van der Waals surface area contributed by atoms with Crippen LogP contribution in [0.25, 0.3) is 0 Å². The number of nitrogens with zero attached hydrogens (tertiary/aromatic N) is 4. The van der Waals surface area contributed by atoms with E-state index in [2.05, 4.69) is 20.0 Å². The van der Waals surface area contributed by atoms with Crippen molar-refractivity contribution in [3.63, 3.8) is 0 Å².